The second-order valence-corrected chi connectivity index (χ2v) is 8.26. The number of carbonyl (C=O) groups is 1. The van der Waals surface area contributed by atoms with E-state index in [0.29, 0.717) is 31.2 Å². The van der Waals surface area contributed by atoms with Crippen molar-refractivity contribution < 1.29 is 19.5 Å². The standard InChI is InChI=1S/C25H30ClN3O4/c1-32-24(17-25(30)28-31)22(16-19-8-10-21(26)11-9-19)23-12-13-27-29(23)14-5-15-33-18-20-6-3-2-4-7-20/h2-4,6-13,22,24,31H,5,14-18H2,1H3,(H,28,30). The van der Waals surface area contributed by atoms with Gasteiger partial charge < -0.3 is 9.47 Å². The molecule has 2 atom stereocenters. The maximum Gasteiger partial charge on any atom is 0.245 e. The first-order valence-corrected chi connectivity index (χ1v) is 11.3. The third-order valence-corrected chi connectivity index (χ3v) is 5.78. The number of rotatable bonds is 13. The van der Waals surface area contributed by atoms with Crippen LogP contribution >= 0.6 is 11.6 Å². The Balaban J connectivity index is 1.68. The highest BCUT2D eigenvalue weighted by Gasteiger charge is 2.28. The SMILES string of the molecule is COC(CC(=O)NO)C(Cc1ccc(Cl)cc1)c1ccnn1CCCOCc1ccccc1. The molecule has 1 amide bonds. The Morgan fingerprint density at radius 1 is 1.12 bits per heavy atom. The minimum atomic E-state index is -0.497. The molecule has 0 aliphatic heterocycles. The van der Waals surface area contributed by atoms with Crippen molar-refractivity contribution in [3.05, 3.63) is 88.7 Å². The molecule has 8 heteroatoms. The molecule has 0 bridgehead atoms. The molecule has 7 nitrogen and oxygen atoms in total. The molecule has 176 valence electrons. The number of benzene rings is 2. The molecular formula is C25H30ClN3O4. The minimum absolute atomic E-state index is 0.0244. The van der Waals surface area contributed by atoms with Gasteiger partial charge >= 0.3 is 0 Å². The number of hydroxylamine groups is 1. The Bertz CT molecular complexity index is 979. The van der Waals surface area contributed by atoms with Crippen molar-refractivity contribution in [2.24, 2.45) is 0 Å². The number of hydrogen-bond donors (Lipinski definition) is 2. The fraction of sp³-hybridized carbons (Fsp3) is 0.360. The van der Waals surface area contributed by atoms with Gasteiger partial charge in [-0.15, -0.1) is 0 Å². The molecule has 2 unspecified atom stereocenters. The molecule has 0 aliphatic carbocycles. The first-order valence-electron chi connectivity index (χ1n) is 10.9. The van der Waals surface area contributed by atoms with E-state index in [1.807, 2.05) is 65.3 Å². The van der Waals surface area contributed by atoms with E-state index in [1.54, 1.807) is 18.8 Å². The Kier molecular flexibility index (Phi) is 9.90. The third-order valence-electron chi connectivity index (χ3n) is 5.53. The molecule has 0 saturated heterocycles. The van der Waals surface area contributed by atoms with Gasteiger partial charge in [0.1, 0.15) is 0 Å². The lowest BCUT2D eigenvalue weighted by Crippen LogP contribution is -2.32. The number of ether oxygens (including phenoxy) is 2. The summed E-state index contributed by atoms with van der Waals surface area (Å²) in [4.78, 5) is 11.9. The van der Waals surface area contributed by atoms with E-state index in [-0.39, 0.29) is 12.3 Å². The number of aromatic nitrogens is 2. The molecule has 33 heavy (non-hydrogen) atoms. The highest BCUT2D eigenvalue weighted by molar-refractivity contribution is 6.30. The van der Waals surface area contributed by atoms with Gasteiger partial charge in [-0.1, -0.05) is 54.1 Å². The second-order valence-electron chi connectivity index (χ2n) is 7.82. The van der Waals surface area contributed by atoms with Crippen molar-refractivity contribution in [3.8, 4) is 0 Å². The van der Waals surface area contributed by atoms with Crippen LogP contribution in [-0.2, 0) is 33.8 Å². The van der Waals surface area contributed by atoms with E-state index in [9.17, 15) is 4.79 Å². The van der Waals surface area contributed by atoms with Crippen molar-refractivity contribution in [2.45, 2.75) is 44.4 Å². The Morgan fingerprint density at radius 3 is 2.58 bits per heavy atom. The molecule has 3 aromatic rings. The third kappa shape index (κ3) is 7.68. The zero-order valence-electron chi connectivity index (χ0n) is 18.7. The van der Waals surface area contributed by atoms with Gasteiger partial charge in [-0.05, 0) is 42.2 Å². The molecule has 0 spiro atoms. The smallest absolute Gasteiger partial charge is 0.245 e. The summed E-state index contributed by atoms with van der Waals surface area (Å²) in [7, 11) is 1.57. The van der Waals surface area contributed by atoms with Gasteiger partial charge in [-0.2, -0.15) is 5.10 Å². The monoisotopic (exact) mass is 471 g/mol. The lowest BCUT2D eigenvalue weighted by molar-refractivity contribution is -0.132. The maximum atomic E-state index is 11.9. The van der Waals surface area contributed by atoms with E-state index >= 15 is 0 Å². The summed E-state index contributed by atoms with van der Waals surface area (Å²) in [6.07, 6.45) is 2.76. The number of carbonyl (C=O) groups excluding carboxylic acids is 1. The predicted molar refractivity (Wildman–Crippen MR) is 126 cm³/mol. The average molecular weight is 472 g/mol. The van der Waals surface area contributed by atoms with Gasteiger partial charge in [-0.3, -0.25) is 14.7 Å². The molecule has 0 saturated carbocycles. The Labute approximate surface area is 199 Å². The summed E-state index contributed by atoms with van der Waals surface area (Å²) >= 11 is 6.04. The minimum Gasteiger partial charge on any atom is -0.380 e. The van der Waals surface area contributed by atoms with Gasteiger partial charge in [0.25, 0.3) is 0 Å². The van der Waals surface area contributed by atoms with Gasteiger partial charge in [0.05, 0.1) is 19.1 Å². The van der Waals surface area contributed by atoms with Crippen LogP contribution in [0.2, 0.25) is 5.02 Å². The molecule has 2 aromatic carbocycles. The second kappa shape index (κ2) is 13.1. The van der Waals surface area contributed by atoms with Crippen LogP contribution < -0.4 is 5.48 Å². The van der Waals surface area contributed by atoms with Gasteiger partial charge in [0, 0.05) is 43.1 Å². The quantitative estimate of drug-likeness (QED) is 0.219. The first-order chi connectivity index (χ1) is 16.1. The highest BCUT2D eigenvalue weighted by Crippen LogP contribution is 2.29. The number of halogens is 1. The van der Waals surface area contributed by atoms with Crippen molar-refractivity contribution in [3.63, 3.8) is 0 Å². The van der Waals surface area contributed by atoms with Crippen molar-refractivity contribution >= 4 is 17.5 Å². The Morgan fingerprint density at radius 2 is 1.88 bits per heavy atom. The highest BCUT2D eigenvalue weighted by atomic mass is 35.5. The van der Waals surface area contributed by atoms with E-state index in [2.05, 4.69) is 5.10 Å². The summed E-state index contributed by atoms with van der Waals surface area (Å²) in [6, 6.07) is 19.6. The summed E-state index contributed by atoms with van der Waals surface area (Å²) in [5.41, 5.74) is 4.87. The van der Waals surface area contributed by atoms with E-state index in [1.165, 1.54) is 0 Å². The molecule has 1 aromatic heterocycles. The Hall–Kier alpha value is -2.71. The van der Waals surface area contributed by atoms with Crippen LogP contribution in [-0.4, -0.2) is 40.7 Å². The number of aryl methyl sites for hydroxylation is 1. The lowest BCUT2D eigenvalue weighted by atomic mass is 9.89. The topological polar surface area (TPSA) is 85.6 Å². The molecule has 0 radical (unpaired) electrons. The normalized spacial score (nSPS) is 12.9. The molecule has 2 N–H and O–H groups in total. The van der Waals surface area contributed by atoms with Crippen LogP contribution in [0, 0.1) is 0 Å². The van der Waals surface area contributed by atoms with Crippen molar-refractivity contribution in [1.82, 2.24) is 15.3 Å². The van der Waals surface area contributed by atoms with Crippen LogP contribution in [0.4, 0.5) is 0 Å². The number of nitrogens with one attached hydrogen (secondary N) is 1. The lowest BCUT2D eigenvalue weighted by Gasteiger charge is -2.26. The molecule has 0 fully saturated rings. The van der Waals surface area contributed by atoms with Crippen molar-refractivity contribution in [1.29, 1.82) is 0 Å². The number of methoxy groups -OCH3 is 1. The number of amides is 1. The van der Waals surface area contributed by atoms with Crippen LogP contribution in [0.1, 0.15) is 35.6 Å². The van der Waals surface area contributed by atoms with Gasteiger partial charge in [0.15, 0.2) is 0 Å². The number of hydrogen-bond acceptors (Lipinski definition) is 5. The van der Waals surface area contributed by atoms with Crippen LogP contribution in [0.3, 0.4) is 0 Å². The summed E-state index contributed by atoms with van der Waals surface area (Å²) in [5.74, 6) is -0.649. The average Bonchev–Trinajstić information content (AvgIpc) is 3.31. The van der Waals surface area contributed by atoms with E-state index < -0.39 is 12.0 Å². The zero-order valence-corrected chi connectivity index (χ0v) is 19.4. The molecule has 1 heterocycles. The van der Waals surface area contributed by atoms with E-state index in [4.69, 9.17) is 26.3 Å². The van der Waals surface area contributed by atoms with Crippen LogP contribution in [0.5, 0.6) is 0 Å². The largest absolute Gasteiger partial charge is 0.380 e. The van der Waals surface area contributed by atoms with Crippen LogP contribution in [0.25, 0.3) is 0 Å². The molecular weight excluding hydrogens is 442 g/mol. The van der Waals surface area contributed by atoms with Gasteiger partial charge in [-0.25, -0.2) is 5.48 Å². The van der Waals surface area contributed by atoms with Crippen molar-refractivity contribution in [2.75, 3.05) is 13.7 Å². The maximum absolute atomic E-state index is 11.9. The first kappa shape index (κ1) is 24.9. The summed E-state index contributed by atoms with van der Waals surface area (Å²) in [6.45, 7) is 1.86. The van der Waals surface area contributed by atoms with Gasteiger partial charge in [0.2, 0.25) is 5.91 Å². The van der Waals surface area contributed by atoms with Crippen LogP contribution in [0.15, 0.2) is 66.9 Å². The number of nitrogens with zero attached hydrogens (tertiary/aromatic N) is 2. The summed E-state index contributed by atoms with van der Waals surface area (Å²) in [5, 5.41) is 14.2. The fourth-order valence-corrected chi connectivity index (χ4v) is 3.97. The summed E-state index contributed by atoms with van der Waals surface area (Å²) < 4.78 is 13.4. The predicted octanol–water partition coefficient (Wildman–Crippen LogP) is 4.38. The fourth-order valence-electron chi connectivity index (χ4n) is 3.84. The zero-order chi connectivity index (χ0) is 23.5. The van der Waals surface area contributed by atoms with E-state index in [0.717, 1.165) is 23.2 Å². The molecule has 0 aliphatic rings. The molecule has 3 rings (SSSR count).